The molecule has 2 nitrogen and oxygen atoms in total. The van der Waals surface area contributed by atoms with Crippen LogP contribution >= 0.6 is 0 Å². The van der Waals surface area contributed by atoms with Gasteiger partial charge in [0, 0.05) is 12.1 Å². The van der Waals surface area contributed by atoms with Crippen molar-refractivity contribution in [1.29, 1.82) is 5.26 Å². The number of hydrogen-bond acceptors (Lipinski definition) is 2. The van der Waals surface area contributed by atoms with Crippen LogP contribution in [0.5, 0.6) is 0 Å². The molecule has 0 aromatic carbocycles. The fraction of sp³-hybridized carbons (Fsp3) is 0. The molecule has 3 heteroatoms. The molecule has 0 saturated carbocycles. The van der Waals surface area contributed by atoms with E-state index in [9.17, 15) is 4.39 Å². The Morgan fingerprint density at radius 2 is 2.36 bits per heavy atom. The molecule has 0 radical (unpaired) electrons. The van der Waals surface area contributed by atoms with Gasteiger partial charge in [0.2, 0.25) is 5.95 Å². The van der Waals surface area contributed by atoms with Crippen molar-refractivity contribution < 1.29 is 4.39 Å². The van der Waals surface area contributed by atoms with Gasteiger partial charge in [0.15, 0.2) is 6.07 Å². The fourth-order valence-corrected chi connectivity index (χ4v) is 0.575. The van der Waals surface area contributed by atoms with E-state index in [-0.39, 0.29) is 5.56 Å². The van der Waals surface area contributed by atoms with Crippen molar-refractivity contribution in [3.63, 3.8) is 0 Å². The smallest absolute Gasteiger partial charge is 0.227 e. The van der Waals surface area contributed by atoms with Gasteiger partial charge in [0.05, 0.1) is 5.56 Å². The van der Waals surface area contributed by atoms with Crippen LogP contribution in [0.3, 0.4) is 0 Å². The summed E-state index contributed by atoms with van der Waals surface area (Å²) in [5.41, 5.74) is 0.147. The number of nitrogens with zero attached hydrogens (tertiary/aromatic N) is 2. The van der Waals surface area contributed by atoms with Gasteiger partial charge in [0.1, 0.15) is 0 Å². The van der Waals surface area contributed by atoms with E-state index >= 15 is 0 Å². The van der Waals surface area contributed by atoms with Crippen molar-refractivity contribution in [2.24, 2.45) is 0 Å². The van der Waals surface area contributed by atoms with Crippen LogP contribution in [0.15, 0.2) is 18.3 Å². The average Bonchev–Trinajstić information content (AvgIpc) is 2.03. The summed E-state index contributed by atoms with van der Waals surface area (Å²) in [6.45, 7) is 0. The van der Waals surface area contributed by atoms with Gasteiger partial charge in [-0.2, -0.15) is 9.65 Å². The summed E-state index contributed by atoms with van der Waals surface area (Å²) in [6.07, 6.45) is 1.33. The van der Waals surface area contributed by atoms with Crippen molar-refractivity contribution in [2.45, 2.75) is 0 Å². The number of nitriles is 1. The van der Waals surface area contributed by atoms with Crippen LogP contribution in [0.4, 0.5) is 4.39 Å². The maximum absolute atomic E-state index is 12.6. The molecule has 0 amide bonds. The Morgan fingerprint density at radius 1 is 1.55 bits per heavy atom. The molecule has 0 unspecified atom stereocenters. The number of pyridine rings is 1. The lowest BCUT2D eigenvalue weighted by Crippen LogP contribution is -1.85. The molecule has 52 valence electrons. The highest BCUT2D eigenvalue weighted by molar-refractivity contribution is 5.36. The zero-order chi connectivity index (χ0) is 8.10. The Hall–Kier alpha value is -1.87. The predicted octanol–water partition coefficient (Wildman–Crippen LogP) is 1.10. The first-order valence-corrected chi connectivity index (χ1v) is 2.85. The van der Waals surface area contributed by atoms with E-state index in [2.05, 4.69) is 16.8 Å². The Labute approximate surface area is 63.3 Å². The first-order chi connectivity index (χ1) is 5.34. The summed E-state index contributed by atoms with van der Waals surface area (Å²) in [5, 5.41) is 8.05. The van der Waals surface area contributed by atoms with E-state index in [1.165, 1.54) is 12.3 Å². The van der Waals surface area contributed by atoms with E-state index in [1.54, 1.807) is 12.1 Å². The van der Waals surface area contributed by atoms with Gasteiger partial charge < -0.3 is 0 Å². The summed E-state index contributed by atoms with van der Waals surface area (Å²) in [7, 11) is 0. The molecule has 11 heavy (non-hydrogen) atoms. The third-order valence-corrected chi connectivity index (χ3v) is 1.01. The van der Waals surface area contributed by atoms with Crippen molar-refractivity contribution in [3.8, 4) is 17.9 Å². The Bertz CT molecular complexity index is 354. The van der Waals surface area contributed by atoms with Crippen molar-refractivity contribution in [2.75, 3.05) is 0 Å². The molecule has 1 heterocycles. The summed E-state index contributed by atoms with van der Waals surface area (Å²) in [5.74, 6) is 3.75. The number of aromatic nitrogens is 1. The van der Waals surface area contributed by atoms with Crippen molar-refractivity contribution in [1.82, 2.24) is 4.98 Å². The molecule has 0 spiro atoms. The van der Waals surface area contributed by atoms with Gasteiger partial charge in [-0.15, -0.1) is 0 Å². The maximum Gasteiger partial charge on any atom is 0.228 e. The quantitative estimate of drug-likeness (QED) is 0.406. The molecule has 0 aliphatic carbocycles. The summed E-state index contributed by atoms with van der Waals surface area (Å²) in [4.78, 5) is 3.35. The highest BCUT2D eigenvalue weighted by atomic mass is 19.1. The Morgan fingerprint density at radius 3 is 3.00 bits per heavy atom. The molecular weight excluding hydrogens is 143 g/mol. The van der Waals surface area contributed by atoms with E-state index in [0.29, 0.717) is 0 Å². The number of rotatable bonds is 0. The second-order valence-corrected chi connectivity index (χ2v) is 1.70. The third-order valence-electron chi connectivity index (χ3n) is 1.01. The Balaban J connectivity index is 3.07. The second-order valence-electron chi connectivity index (χ2n) is 1.70. The molecule has 0 bridgehead atoms. The average molecular weight is 146 g/mol. The SMILES string of the molecule is N#CC#Cc1cccnc1F. The fourth-order valence-electron chi connectivity index (χ4n) is 0.575. The molecule has 0 N–H and O–H groups in total. The van der Waals surface area contributed by atoms with E-state index < -0.39 is 5.95 Å². The summed E-state index contributed by atoms with van der Waals surface area (Å²) >= 11 is 0. The van der Waals surface area contributed by atoms with Crippen LogP contribution < -0.4 is 0 Å². The lowest BCUT2D eigenvalue weighted by molar-refractivity contribution is 0.580. The summed E-state index contributed by atoms with van der Waals surface area (Å²) in [6, 6.07) is 4.61. The monoisotopic (exact) mass is 146 g/mol. The van der Waals surface area contributed by atoms with Crippen molar-refractivity contribution in [3.05, 3.63) is 29.8 Å². The minimum atomic E-state index is -0.643. The molecule has 0 fully saturated rings. The largest absolute Gasteiger partial charge is 0.228 e. The molecule has 0 aliphatic rings. The minimum Gasteiger partial charge on any atom is -0.227 e. The highest BCUT2D eigenvalue weighted by Crippen LogP contribution is 1.99. The van der Waals surface area contributed by atoms with Crippen LogP contribution in [0.25, 0.3) is 0 Å². The normalized spacial score (nSPS) is 7.64. The van der Waals surface area contributed by atoms with Crippen LogP contribution in [0, 0.1) is 29.1 Å². The standard InChI is InChI=1S/C8H3FN2/c9-8-7(3-1-5-10)4-2-6-11-8/h2,4,6H. The molecule has 0 aliphatic heterocycles. The molecule has 1 aromatic rings. The molecule has 0 saturated heterocycles. The lowest BCUT2D eigenvalue weighted by atomic mass is 10.3. The molecule has 1 rings (SSSR count). The van der Waals surface area contributed by atoms with E-state index in [0.717, 1.165) is 0 Å². The van der Waals surface area contributed by atoms with Crippen LogP contribution in [-0.2, 0) is 0 Å². The second kappa shape index (κ2) is 3.34. The zero-order valence-corrected chi connectivity index (χ0v) is 5.50. The Kier molecular flexibility index (Phi) is 2.20. The van der Waals surface area contributed by atoms with Gasteiger partial charge in [-0.05, 0) is 18.1 Å². The molecular formula is C8H3FN2. The molecule has 0 atom stereocenters. The van der Waals surface area contributed by atoms with E-state index in [1.807, 2.05) is 0 Å². The van der Waals surface area contributed by atoms with Gasteiger partial charge >= 0.3 is 0 Å². The lowest BCUT2D eigenvalue weighted by Gasteiger charge is -1.88. The van der Waals surface area contributed by atoms with E-state index in [4.69, 9.17) is 5.26 Å². The highest BCUT2D eigenvalue weighted by Gasteiger charge is 1.95. The van der Waals surface area contributed by atoms with Crippen molar-refractivity contribution >= 4 is 0 Å². The zero-order valence-electron chi connectivity index (χ0n) is 5.50. The molecule has 1 aromatic heterocycles. The van der Waals surface area contributed by atoms with Gasteiger partial charge in [-0.25, -0.2) is 4.98 Å². The van der Waals surface area contributed by atoms with Crippen LogP contribution in [0.2, 0.25) is 0 Å². The topological polar surface area (TPSA) is 36.7 Å². The first-order valence-electron chi connectivity index (χ1n) is 2.85. The third kappa shape index (κ3) is 1.77. The van der Waals surface area contributed by atoms with Gasteiger partial charge in [-0.1, -0.05) is 0 Å². The summed E-state index contributed by atoms with van der Waals surface area (Å²) < 4.78 is 12.6. The maximum atomic E-state index is 12.6. The van der Waals surface area contributed by atoms with Crippen LogP contribution in [-0.4, -0.2) is 4.98 Å². The number of hydrogen-bond donors (Lipinski definition) is 0. The number of halogens is 1. The van der Waals surface area contributed by atoms with Gasteiger partial charge in [-0.3, -0.25) is 0 Å². The first kappa shape index (κ1) is 7.24. The van der Waals surface area contributed by atoms with Crippen LogP contribution in [0.1, 0.15) is 5.56 Å². The predicted molar refractivity (Wildman–Crippen MR) is 36.7 cm³/mol. The van der Waals surface area contributed by atoms with Gasteiger partial charge in [0.25, 0.3) is 0 Å². The minimum absolute atomic E-state index is 0.147.